The lowest BCUT2D eigenvalue weighted by atomic mass is 10.0. The minimum Gasteiger partial charge on any atom is -0.384 e. The Kier molecular flexibility index (Phi) is 5.95. The van der Waals surface area contributed by atoms with Gasteiger partial charge in [0, 0.05) is 23.2 Å². The van der Waals surface area contributed by atoms with E-state index in [2.05, 4.69) is 35.9 Å². The molecule has 0 radical (unpaired) electrons. The van der Waals surface area contributed by atoms with Crippen molar-refractivity contribution in [2.24, 2.45) is 0 Å². The number of nitrogens with one attached hydrogen (secondary N) is 1. The molecule has 1 aromatic carbocycles. The number of aliphatic hydroxyl groups is 1. The van der Waals surface area contributed by atoms with Crippen LogP contribution in [0.15, 0.2) is 18.2 Å². The summed E-state index contributed by atoms with van der Waals surface area (Å²) in [5.41, 5.74) is 2.28. The summed E-state index contributed by atoms with van der Waals surface area (Å²) < 4.78 is 0. The van der Waals surface area contributed by atoms with E-state index in [-0.39, 0.29) is 18.1 Å². The monoisotopic (exact) mass is 288 g/mol. The number of hydrogen-bond donors (Lipinski definition) is 2. The van der Waals surface area contributed by atoms with Crippen molar-refractivity contribution in [3.63, 3.8) is 0 Å². The van der Waals surface area contributed by atoms with Gasteiger partial charge in [0.15, 0.2) is 0 Å². The second-order valence-corrected chi connectivity index (χ2v) is 5.88. The number of carbonyl (C=O) groups excluding carboxylic acids is 1. The van der Waals surface area contributed by atoms with Gasteiger partial charge in [-0.25, -0.2) is 0 Å². The van der Waals surface area contributed by atoms with Crippen LogP contribution < -0.4 is 5.32 Å². The number of likely N-dealkylation sites (N-methyl/N-ethyl adjacent to an activating group) is 1. The molecule has 0 aliphatic rings. The fourth-order valence-electron chi connectivity index (χ4n) is 1.64. The summed E-state index contributed by atoms with van der Waals surface area (Å²) in [5, 5.41) is 11.7. The van der Waals surface area contributed by atoms with Crippen LogP contribution in [0, 0.1) is 18.8 Å². The third-order valence-corrected chi connectivity index (χ3v) is 3.68. The van der Waals surface area contributed by atoms with Crippen molar-refractivity contribution in [1.29, 1.82) is 0 Å². The Morgan fingerprint density at radius 3 is 2.57 bits per heavy atom. The number of hydrogen-bond acceptors (Lipinski definition) is 3. The van der Waals surface area contributed by atoms with Gasteiger partial charge in [-0.2, -0.15) is 0 Å². The first-order chi connectivity index (χ1) is 9.77. The van der Waals surface area contributed by atoms with E-state index < -0.39 is 0 Å². The maximum atomic E-state index is 12.2. The Morgan fingerprint density at radius 1 is 1.38 bits per heavy atom. The quantitative estimate of drug-likeness (QED) is 0.824. The molecule has 2 N–H and O–H groups in total. The molecule has 1 aromatic rings. The maximum Gasteiger partial charge on any atom is 0.251 e. The zero-order valence-corrected chi connectivity index (χ0v) is 13.4. The number of amides is 1. The molecule has 0 bridgehead atoms. The molecule has 0 aliphatic heterocycles. The van der Waals surface area contributed by atoms with Gasteiger partial charge in [-0.3, -0.25) is 4.79 Å². The van der Waals surface area contributed by atoms with Crippen molar-refractivity contribution in [2.45, 2.75) is 26.3 Å². The van der Waals surface area contributed by atoms with E-state index in [9.17, 15) is 4.79 Å². The van der Waals surface area contributed by atoms with Gasteiger partial charge < -0.3 is 15.3 Å². The highest BCUT2D eigenvalue weighted by Crippen LogP contribution is 2.12. The van der Waals surface area contributed by atoms with Crippen LogP contribution in [0.5, 0.6) is 0 Å². The van der Waals surface area contributed by atoms with Crippen LogP contribution in [0.3, 0.4) is 0 Å². The van der Waals surface area contributed by atoms with Crippen LogP contribution in [-0.2, 0) is 0 Å². The Bertz CT molecular complexity index is 566. The van der Waals surface area contributed by atoms with Crippen molar-refractivity contribution in [2.75, 3.05) is 27.2 Å². The van der Waals surface area contributed by atoms with E-state index in [0.29, 0.717) is 12.1 Å². The number of aliphatic hydroxyl groups excluding tert-OH is 1. The average molecular weight is 288 g/mol. The van der Waals surface area contributed by atoms with Crippen LogP contribution in [-0.4, -0.2) is 48.7 Å². The SMILES string of the molecule is Cc1cc(C(=O)NCC(C)(C)N(C)C)ccc1C#CCO. The Balaban J connectivity index is 2.78. The van der Waals surface area contributed by atoms with Crippen LogP contribution >= 0.6 is 0 Å². The molecule has 0 atom stereocenters. The summed E-state index contributed by atoms with van der Waals surface area (Å²) in [4.78, 5) is 14.3. The predicted octanol–water partition coefficient (Wildman–Crippen LogP) is 1.41. The van der Waals surface area contributed by atoms with E-state index in [1.54, 1.807) is 6.07 Å². The molecule has 114 valence electrons. The lowest BCUT2D eigenvalue weighted by Gasteiger charge is -2.32. The van der Waals surface area contributed by atoms with Crippen molar-refractivity contribution in [1.82, 2.24) is 10.2 Å². The minimum absolute atomic E-state index is 0.0882. The van der Waals surface area contributed by atoms with Gasteiger partial charge in [0.1, 0.15) is 6.61 Å². The highest BCUT2D eigenvalue weighted by atomic mass is 16.2. The molecule has 0 aromatic heterocycles. The van der Waals surface area contributed by atoms with Gasteiger partial charge in [0.25, 0.3) is 5.91 Å². The third-order valence-electron chi connectivity index (χ3n) is 3.68. The first kappa shape index (κ1) is 17.2. The lowest BCUT2D eigenvalue weighted by Crippen LogP contribution is -2.48. The van der Waals surface area contributed by atoms with Crippen molar-refractivity contribution >= 4 is 5.91 Å². The van der Waals surface area contributed by atoms with Crippen LogP contribution in [0.1, 0.15) is 35.3 Å². The summed E-state index contributed by atoms with van der Waals surface area (Å²) in [6.07, 6.45) is 0. The standard InChI is InChI=1S/C17H24N2O2/c1-13-11-15(9-8-14(13)7-6-10-20)16(21)18-12-17(2,3)19(4)5/h8-9,11,20H,10,12H2,1-5H3,(H,18,21). The zero-order valence-electron chi connectivity index (χ0n) is 13.4. The van der Waals surface area contributed by atoms with E-state index in [4.69, 9.17) is 5.11 Å². The summed E-state index contributed by atoms with van der Waals surface area (Å²) in [5.74, 6) is 5.38. The Labute approximate surface area is 127 Å². The van der Waals surface area contributed by atoms with Crippen molar-refractivity contribution < 1.29 is 9.90 Å². The summed E-state index contributed by atoms with van der Waals surface area (Å²) >= 11 is 0. The second kappa shape index (κ2) is 7.26. The molecular formula is C17H24N2O2. The molecule has 21 heavy (non-hydrogen) atoms. The minimum atomic E-state index is -0.165. The summed E-state index contributed by atoms with van der Waals surface area (Å²) in [6.45, 7) is 6.46. The molecule has 0 unspecified atom stereocenters. The summed E-state index contributed by atoms with van der Waals surface area (Å²) in [7, 11) is 3.98. The Hall–Kier alpha value is -1.83. The van der Waals surface area contributed by atoms with E-state index in [0.717, 1.165) is 11.1 Å². The van der Waals surface area contributed by atoms with Crippen LogP contribution in [0.4, 0.5) is 0 Å². The molecule has 0 spiro atoms. The van der Waals surface area contributed by atoms with Crippen LogP contribution in [0.2, 0.25) is 0 Å². The highest BCUT2D eigenvalue weighted by molar-refractivity contribution is 5.94. The molecule has 1 rings (SSSR count). The number of benzene rings is 1. The fraction of sp³-hybridized carbons (Fsp3) is 0.471. The van der Waals surface area contributed by atoms with Gasteiger partial charge >= 0.3 is 0 Å². The zero-order chi connectivity index (χ0) is 16.0. The highest BCUT2D eigenvalue weighted by Gasteiger charge is 2.21. The molecule has 0 fully saturated rings. The van der Waals surface area contributed by atoms with Gasteiger partial charge in [-0.15, -0.1) is 0 Å². The van der Waals surface area contributed by atoms with Crippen molar-refractivity contribution in [3.8, 4) is 11.8 Å². The topological polar surface area (TPSA) is 52.6 Å². The van der Waals surface area contributed by atoms with E-state index in [1.807, 2.05) is 33.2 Å². The first-order valence-electron chi connectivity index (χ1n) is 6.94. The number of nitrogens with zero attached hydrogens (tertiary/aromatic N) is 1. The largest absolute Gasteiger partial charge is 0.384 e. The maximum absolute atomic E-state index is 12.2. The van der Waals surface area contributed by atoms with Crippen molar-refractivity contribution in [3.05, 3.63) is 34.9 Å². The normalized spacial score (nSPS) is 11.0. The van der Waals surface area contributed by atoms with E-state index in [1.165, 1.54) is 0 Å². The molecule has 4 heteroatoms. The Morgan fingerprint density at radius 2 is 2.05 bits per heavy atom. The van der Waals surface area contributed by atoms with Gasteiger partial charge in [0.2, 0.25) is 0 Å². The predicted molar refractivity (Wildman–Crippen MR) is 85.2 cm³/mol. The smallest absolute Gasteiger partial charge is 0.251 e. The summed E-state index contributed by atoms with van der Waals surface area (Å²) in [6, 6.07) is 5.38. The van der Waals surface area contributed by atoms with Crippen LogP contribution in [0.25, 0.3) is 0 Å². The molecule has 0 aliphatic carbocycles. The molecular weight excluding hydrogens is 264 g/mol. The number of rotatable bonds is 4. The fourth-order valence-corrected chi connectivity index (χ4v) is 1.64. The average Bonchev–Trinajstić information content (AvgIpc) is 2.43. The molecule has 0 heterocycles. The third kappa shape index (κ3) is 4.89. The van der Waals surface area contributed by atoms with Gasteiger partial charge in [-0.05, 0) is 58.6 Å². The number of carbonyl (C=O) groups is 1. The number of aryl methyl sites for hydroxylation is 1. The molecule has 1 amide bonds. The lowest BCUT2D eigenvalue weighted by molar-refractivity contribution is 0.0919. The second-order valence-electron chi connectivity index (χ2n) is 5.88. The molecule has 4 nitrogen and oxygen atoms in total. The van der Waals surface area contributed by atoms with Gasteiger partial charge in [-0.1, -0.05) is 11.8 Å². The first-order valence-corrected chi connectivity index (χ1v) is 6.94. The van der Waals surface area contributed by atoms with E-state index >= 15 is 0 Å². The molecule has 0 saturated heterocycles. The molecule has 0 saturated carbocycles. The van der Waals surface area contributed by atoms with Gasteiger partial charge in [0.05, 0.1) is 0 Å².